The molecule has 19 heteroatoms. The van der Waals surface area contributed by atoms with E-state index >= 15 is 0 Å². The van der Waals surface area contributed by atoms with Crippen LogP contribution in [0.25, 0.3) is 0 Å². The number of hydrogen-bond donors (Lipinski definition) is 3. The van der Waals surface area contributed by atoms with Gasteiger partial charge in [0.15, 0.2) is 17.4 Å². The standard InChI is InChI=1S/C61H94O19/c1-28-14-35-8-10-39-29(2)15-37(67-39)12-13-59-25-50(66-7)58(80-59)46-21-48(76-59)57-40(70-46)11-9-36(69-57)17-52(65)74-56-33(6)55-45(71-44(56)18-41(68-35)32(28)5)20-43-49(73-55)24-61(75-43)26-51-54(79-61)31(4)23-60(78-51)22-30(3)53-47(77-60)19-42(72-53)38(64)16-34(63)27-62/h28-51,53-58,62-64H,8-27H2,1-7H3/t28-,29-,30+,31+,32+,33+,34?,35+,36-,37+,38?,39+,40+,41-,42+,43-,44+,45+,46-,47+,48-,49-,50-,51?,53?,54+,55+,56-,57+,58+,59-,60-,61+/m1/s1. The number of carbonyl (C=O) groups excluding carboxylic acids is 1. The van der Waals surface area contributed by atoms with Gasteiger partial charge in [-0.15, -0.1) is 0 Å². The molecule has 0 aromatic carbocycles. The SMILES string of the molecule is CO[C@@H]1C[C@]23CC[C@H]4C[C@@H](C)[C@H](CC[C@H]5C[C@@H](C)[C@H](C)[C@@H](C[C@@H]6O[C@H]7C[C@H]8O[C@@]9(CC%10O[C@]%11(C[C@H](C)C%12O[C@H](C(O)CC(O)CO)C[C@@H]%12O%11)C[C@H](C)[C@@H]%10O9)C[C@H]8O[C@H]7[C@H](C)[C@H]6OC(=O)C[C@H]6CC[C@@H]7O[C@H](C[C@@H](O2)[C@H]7O6)[C@@H]1O3)O5)O4. The molecule has 33 atom stereocenters. The number of hydrogen-bond acceptors (Lipinski definition) is 19. The number of methoxy groups -OCH3 is 1. The van der Waals surface area contributed by atoms with Crippen molar-refractivity contribution in [2.75, 3.05) is 13.7 Å². The van der Waals surface area contributed by atoms with Crippen molar-refractivity contribution in [2.24, 2.45) is 35.5 Å². The zero-order valence-corrected chi connectivity index (χ0v) is 48.3. The third kappa shape index (κ3) is 10.4. The zero-order chi connectivity index (χ0) is 55.1. The Hall–Kier alpha value is -1.21. The van der Waals surface area contributed by atoms with Crippen molar-refractivity contribution in [3.05, 3.63) is 0 Å². The zero-order valence-electron chi connectivity index (χ0n) is 48.3. The molecular formula is C61H94O19. The number of carbonyl (C=O) groups is 1. The molecule has 4 unspecified atom stereocenters. The van der Waals surface area contributed by atoms with Gasteiger partial charge in [-0.25, -0.2) is 0 Å². The van der Waals surface area contributed by atoms with Crippen LogP contribution in [-0.4, -0.2) is 199 Å². The lowest BCUT2D eigenvalue weighted by Gasteiger charge is -2.51. The largest absolute Gasteiger partial charge is 0.459 e. The molecule has 14 rings (SSSR count). The van der Waals surface area contributed by atoms with E-state index in [1.54, 1.807) is 7.11 Å². The molecule has 0 aliphatic carbocycles. The van der Waals surface area contributed by atoms with E-state index in [0.29, 0.717) is 82.5 Å². The van der Waals surface area contributed by atoms with Gasteiger partial charge in [-0.2, -0.15) is 0 Å². The van der Waals surface area contributed by atoms with Gasteiger partial charge >= 0.3 is 5.97 Å². The lowest BCUT2D eigenvalue weighted by atomic mass is 9.77. The van der Waals surface area contributed by atoms with Gasteiger partial charge in [0, 0.05) is 83.7 Å². The molecule has 14 aliphatic heterocycles. The van der Waals surface area contributed by atoms with E-state index in [1.165, 1.54) is 0 Å². The van der Waals surface area contributed by atoms with Crippen LogP contribution in [0.1, 0.15) is 164 Å². The highest BCUT2D eigenvalue weighted by atomic mass is 16.8. The Morgan fingerprint density at radius 3 is 1.93 bits per heavy atom. The van der Waals surface area contributed by atoms with Gasteiger partial charge in [-0.05, 0) is 74.5 Å². The van der Waals surface area contributed by atoms with Gasteiger partial charge in [-0.1, -0.05) is 41.5 Å². The number of aliphatic hydroxyl groups excluding tert-OH is 3. The molecular weight excluding hydrogens is 1040 g/mol. The average molecular weight is 1130 g/mol. The van der Waals surface area contributed by atoms with Gasteiger partial charge in [0.25, 0.3) is 0 Å². The first-order chi connectivity index (χ1) is 38.4. The number of esters is 1. The van der Waals surface area contributed by atoms with Crippen LogP contribution in [0.2, 0.25) is 0 Å². The predicted molar refractivity (Wildman–Crippen MR) is 281 cm³/mol. The second-order valence-electron chi connectivity index (χ2n) is 28.4. The highest BCUT2D eigenvalue weighted by Gasteiger charge is 2.66. The topological polar surface area (TPSA) is 216 Å². The Kier molecular flexibility index (Phi) is 15.5. The molecule has 19 nitrogen and oxygen atoms in total. The number of fused-ring (bicyclic) bond motifs is 13. The molecule has 0 saturated carbocycles. The number of ether oxygens (including phenoxy) is 15. The van der Waals surface area contributed by atoms with Crippen molar-refractivity contribution in [3.8, 4) is 0 Å². The molecule has 0 aromatic heterocycles. The lowest BCUT2D eigenvalue weighted by Crippen LogP contribution is -2.61. The Labute approximate surface area is 472 Å². The monoisotopic (exact) mass is 1130 g/mol. The normalized spacial score (nSPS) is 57.1. The third-order valence-electron chi connectivity index (χ3n) is 22.7. The quantitative estimate of drug-likeness (QED) is 0.281. The van der Waals surface area contributed by atoms with Crippen LogP contribution in [0.4, 0.5) is 0 Å². The molecule has 3 spiro atoms. The van der Waals surface area contributed by atoms with Crippen molar-refractivity contribution in [1.29, 1.82) is 0 Å². The van der Waals surface area contributed by atoms with E-state index < -0.39 is 54.5 Å². The minimum absolute atomic E-state index is 0.0367. The van der Waals surface area contributed by atoms with Crippen LogP contribution in [0.3, 0.4) is 0 Å². The summed E-state index contributed by atoms with van der Waals surface area (Å²) in [5.41, 5.74) is 0. The van der Waals surface area contributed by atoms with E-state index in [-0.39, 0.29) is 158 Å². The summed E-state index contributed by atoms with van der Waals surface area (Å²) >= 11 is 0. The van der Waals surface area contributed by atoms with Gasteiger partial charge in [0.05, 0.1) is 141 Å². The summed E-state index contributed by atoms with van der Waals surface area (Å²) in [6, 6.07) is 0. The summed E-state index contributed by atoms with van der Waals surface area (Å²) in [5, 5.41) is 30.4. The maximum atomic E-state index is 14.6. The summed E-state index contributed by atoms with van der Waals surface area (Å²) in [5.74, 6) is -1.74. The van der Waals surface area contributed by atoms with Gasteiger partial charge < -0.3 is 86.4 Å². The van der Waals surface area contributed by atoms with E-state index in [0.717, 1.165) is 38.5 Å². The van der Waals surface area contributed by atoms with Crippen molar-refractivity contribution >= 4 is 5.97 Å². The summed E-state index contributed by atoms with van der Waals surface area (Å²) < 4.78 is 104. The molecule has 0 radical (unpaired) electrons. The first-order valence-corrected chi connectivity index (χ1v) is 31.8. The first kappa shape index (κ1) is 56.6. The molecule has 452 valence electrons. The summed E-state index contributed by atoms with van der Waals surface area (Å²) in [4.78, 5) is 14.6. The second kappa shape index (κ2) is 21.9. The number of rotatable bonds is 5. The maximum absolute atomic E-state index is 14.6. The van der Waals surface area contributed by atoms with E-state index in [1.807, 2.05) is 0 Å². The van der Waals surface area contributed by atoms with E-state index in [2.05, 4.69) is 41.5 Å². The van der Waals surface area contributed by atoms with Crippen LogP contribution in [-0.2, 0) is 75.8 Å². The fraction of sp³-hybridized carbons (Fsp3) is 0.984. The second-order valence-corrected chi connectivity index (χ2v) is 28.4. The molecule has 80 heavy (non-hydrogen) atoms. The molecule has 10 bridgehead atoms. The van der Waals surface area contributed by atoms with Crippen molar-refractivity contribution < 1.29 is 91.2 Å². The third-order valence-corrected chi connectivity index (χ3v) is 22.7. The Balaban J connectivity index is 0.681. The van der Waals surface area contributed by atoms with Crippen LogP contribution >= 0.6 is 0 Å². The van der Waals surface area contributed by atoms with Crippen molar-refractivity contribution in [3.63, 3.8) is 0 Å². The minimum Gasteiger partial charge on any atom is -0.459 e. The van der Waals surface area contributed by atoms with Gasteiger partial charge in [0.1, 0.15) is 18.3 Å². The van der Waals surface area contributed by atoms with Gasteiger partial charge in [-0.3, -0.25) is 4.79 Å². The van der Waals surface area contributed by atoms with Crippen LogP contribution in [0.15, 0.2) is 0 Å². The van der Waals surface area contributed by atoms with Crippen LogP contribution < -0.4 is 0 Å². The molecule has 14 saturated heterocycles. The van der Waals surface area contributed by atoms with Crippen LogP contribution in [0, 0.1) is 35.5 Å². The highest BCUT2D eigenvalue weighted by molar-refractivity contribution is 5.70. The first-order valence-electron chi connectivity index (χ1n) is 31.8. The van der Waals surface area contributed by atoms with E-state index in [9.17, 15) is 20.1 Å². The van der Waals surface area contributed by atoms with Crippen molar-refractivity contribution in [1.82, 2.24) is 0 Å². The predicted octanol–water partition coefficient (Wildman–Crippen LogP) is 5.72. The van der Waals surface area contributed by atoms with Crippen molar-refractivity contribution in [2.45, 2.75) is 327 Å². The molecule has 0 amide bonds. The molecule has 14 aliphatic rings. The fourth-order valence-electron chi connectivity index (χ4n) is 18.5. The smallest absolute Gasteiger partial charge is 0.308 e. The highest BCUT2D eigenvalue weighted by Crippen LogP contribution is 2.57. The average Bonchev–Trinajstić information content (AvgIpc) is 4.38. The Bertz CT molecular complexity index is 2210. The molecule has 0 aromatic rings. The molecule has 14 heterocycles. The summed E-state index contributed by atoms with van der Waals surface area (Å²) in [6.45, 7) is 13.1. The minimum atomic E-state index is -1.01. The lowest BCUT2D eigenvalue weighted by molar-refractivity contribution is -0.347. The number of aliphatic hydroxyl groups is 3. The summed E-state index contributed by atoms with van der Waals surface area (Å²) in [7, 11) is 1.76. The van der Waals surface area contributed by atoms with Crippen LogP contribution in [0.5, 0.6) is 0 Å². The Morgan fingerprint density at radius 2 is 1.10 bits per heavy atom. The molecule has 14 fully saturated rings. The molecule has 3 N–H and O–H groups in total. The van der Waals surface area contributed by atoms with E-state index in [4.69, 9.17) is 71.1 Å². The van der Waals surface area contributed by atoms with Gasteiger partial charge in [0.2, 0.25) is 0 Å². The Morgan fingerprint density at radius 1 is 0.475 bits per heavy atom. The fourth-order valence-corrected chi connectivity index (χ4v) is 18.5. The summed E-state index contributed by atoms with van der Waals surface area (Å²) in [6.07, 6.45) is 5.26. The maximum Gasteiger partial charge on any atom is 0.308 e.